The summed E-state index contributed by atoms with van der Waals surface area (Å²) in [6.07, 6.45) is 5.09. The van der Waals surface area contributed by atoms with Crippen molar-refractivity contribution in [2.24, 2.45) is 0 Å². The van der Waals surface area contributed by atoms with Crippen molar-refractivity contribution >= 4 is 17.7 Å². The zero-order valence-corrected chi connectivity index (χ0v) is 24.3. The van der Waals surface area contributed by atoms with Crippen molar-refractivity contribution in [2.75, 3.05) is 6.61 Å². The van der Waals surface area contributed by atoms with Gasteiger partial charge in [-0.15, -0.1) is 6.58 Å². The second-order valence-corrected chi connectivity index (χ2v) is 11.6. The predicted molar refractivity (Wildman–Crippen MR) is 156 cm³/mol. The van der Waals surface area contributed by atoms with Gasteiger partial charge in [-0.2, -0.15) is 0 Å². The van der Waals surface area contributed by atoms with Crippen LogP contribution in [0.5, 0.6) is 0 Å². The Morgan fingerprint density at radius 3 is 2.32 bits per heavy atom. The van der Waals surface area contributed by atoms with Gasteiger partial charge < -0.3 is 20.1 Å². The molecule has 1 aliphatic rings. The molecule has 0 saturated heterocycles. The molecule has 2 aromatic carbocycles. The van der Waals surface area contributed by atoms with E-state index in [2.05, 4.69) is 40.3 Å². The fourth-order valence-electron chi connectivity index (χ4n) is 4.24. The fourth-order valence-corrected chi connectivity index (χ4v) is 5.48. The van der Waals surface area contributed by atoms with Gasteiger partial charge in [-0.25, -0.2) is 4.79 Å². The van der Waals surface area contributed by atoms with E-state index in [0.717, 1.165) is 33.6 Å². The molecule has 3 N–H and O–H groups in total. The Morgan fingerprint density at radius 1 is 1.18 bits per heavy atom. The number of aliphatic hydroxyl groups is 3. The second-order valence-electron chi connectivity index (χ2n) is 10.6. The lowest BCUT2D eigenvalue weighted by Crippen LogP contribution is -2.37. The molecule has 0 bridgehead atoms. The summed E-state index contributed by atoms with van der Waals surface area (Å²) in [5, 5.41) is 28.7. The molecule has 0 fully saturated rings. The molecule has 0 aliphatic carbocycles. The van der Waals surface area contributed by atoms with Crippen LogP contribution in [0, 0.1) is 6.92 Å². The van der Waals surface area contributed by atoms with Crippen molar-refractivity contribution < 1.29 is 24.9 Å². The average molecular weight is 539 g/mol. The summed E-state index contributed by atoms with van der Waals surface area (Å²) in [6, 6.07) is 13.7. The molecular weight excluding hydrogens is 496 g/mol. The molecule has 0 spiro atoms. The van der Waals surface area contributed by atoms with Crippen molar-refractivity contribution in [3.8, 4) is 0 Å². The van der Waals surface area contributed by atoms with Crippen molar-refractivity contribution in [3.63, 3.8) is 0 Å². The van der Waals surface area contributed by atoms with Crippen LogP contribution in [-0.4, -0.2) is 27.9 Å². The van der Waals surface area contributed by atoms with Gasteiger partial charge in [0.05, 0.1) is 19.6 Å². The quantitative estimate of drug-likeness (QED) is 0.240. The van der Waals surface area contributed by atoms with Gasteiger partial charge in [0.15, 0.2) is 0 Å². The highest BCUT2D eigenvalue weighted by Gasteiger charge is 2.43. The minimum Gasteiger partial charge on any atom is -0.511 e. The molecule has 1 heterocycles. The Bertz CT molecular complexity index is 1170. The first-order valence-corrected chi connectivity index (χ1v) is 13.7. The smallest absolute Gasteiger partial charge is 0.349 e. The first kappa shape index (κ1) is 31.4. The summed E-state index contributed by atoms with van der Waals surface area (Å²) in [5.41, 5.74) is 3.82. The first-order chi connectivity index (χ1) is 17.9. The van der Waals surface area contributed by atoms with Gasteiger partial charge in [0, 0.05) is 4.90 Å². The topological polar surface area (TPSA) is 87.0 Å². The second kappa shape index (κ2) is 13.8. The maximum absolute atomic E-state index is 13.4. The molecule has 2 aromatic rings. The van der Waals surface area contributed by atoms with Crippen LogP contribution >= 0.6 is 11.8 Å². The standard InChI is InChI=1S/C29H36O4S.C3H6O/c1-7-19(2)13-14-29(22-11-9-8-10-12-22)17-24(31)26(27(32)33-29)34-25-15-20(3)21(18-30)16-23(25)28(4,5)6;1-2-3-4/h7-12,15-16,30-31H,13-14,17-18H2,1-6H3;2,4H,1,3H2/b19-7+;. The Kier molecular flexibility index (Phi) is 11.4. The number of esters is 1. The number of hydrogen-bond acceptors (Lipinski definition) is 6. The molecule has 0 aromatic heterocycles. The molecule has 5 nitrogen and oxygen atoms in total. The molecular formula is C32H42O5S. The first-order valence-electron chi connectivity index (χ1n) is 12.9. The normalized spacial score (nSPS) is 18.0. The number of allylic oxidation sites excluding steroid dienone is 2. The molecule has 3 rings (SSSR count). The highest BCUT2D eigenvalue weighted by atomic mass is 32.2. The molecule has 1 aliphatic heterocycles. The van der Waals surface area contributed by atoms with Crippen LogP contribution in [0.2, 0.25) is 0 Å². The number of carbonyl (C=O) groups is 1. The third-order valence-electron chi connectivity index (χ3n) is 6.66. The predicted octanol–water partition coefficient (Wildman–Crippen LogP) is 7.40. The summed E-state index contributed by atoms with van der Waals surface area (Å²) < 4.78 is 6.17. The van der Waals surface area contributed by atoms with Gasteiger partial charge in [-0.1, -0.05) is 86.7 Å². The fraction of sp³-hybridized carbons (Fsp3) is 0.406. The summed E-state index contributed by atoms with van der Waals surface area (Å²) in [7, 11) is 0. The third-order valence-corrected chi connectivity index (χ3v) is 7.83. The number of hydrogen-bond donors (Lipinski definition) is 3. The summed E-state index contributed by atoms with van der Waals surface area (Å²) in [4.78, 5) is 14.5. The summed E-state index contributed by atoms with van der Waals surface area (Å²) >= 11 is 1.25. The Labute approximate surface area is 231 Å². The van der Waals surface area contributed by atoms with Crippen LogP contribution in [0.25, 0.3) is 0 Å². The van der Waals surface area contributed by atoms with E-state index in [1.165, 1.54) is 23.4 Å². The molecule has 38 heavy (non-hydrogen) atoms. The number of rotatable bonds is 8. The van der Waals surface area contributed by atoms with Gasteiger partial charge in [0.2, 0.25) is 0 Å². The monoisotopic (exact) mass is 538 g/mol. The zero-order valence-electron chi connectivity index (χ0n) is 23.5. The van der Waals surface area contributed by atoms with Crippen LogP contribution in [-0.2, 0) is 27.2 Å². The van der Waals surface area contributed by atoms with Crippen LogP contribution < -0.4 is 0 Å². The van der Waals surface area contributed by atoms with E-state index in [4.69, 9.17) is 9.84 Å². The van der Waals surface area contributed by atoms with Crippen LogP contribution in [0.15, 0.2) is 82.3 Å². The molecule has 0 amide bonds. The van der Waals surface area contributed by atoms with Gasteiger partial charge in [-0.05, 0) is 67.3 Å². The van der Waals surface area contributed by atoms with Crippen molar-refractivity contribution in [1.82, 2.24) is 0 Å². The third kappa shape index (κ3) is 7.85. The van der Waals surface area contributed by atoms with Crippen molar-refractivity contribution in [3.05, 3.63) is 99.7 Å². The number of aryl methyl sites for hydroxylation is 1. The summed E-state index contributed by atoms with van der Waals surface area (Å²) in [6.45, 7) is 15.6. The minimum absolute atomic E-state index is 0.0406. The lowest BCUT2D eigenvalue weighted by atomic mass is 9.82. The molecule has 1 unspecified atom stereocenters. The largest absolute Gasteiger partial charge is 0.511 e. The number of benzene rings is 2. The average Bonchev–Trinajstić information content (AvgIpc) is 2.89. The Hall–Kier alpha value is -2.80. The van der Waals surface area contributed by atoms with Gasteiger partial charge in [-0.3, -0.25) is 0 Å². The number of thioether (sulfide) groups is 1. The van der Waals surface area contributed by atoms with E-state index in [9.17, 15) is 15.0 Å². The minimum atomic E-state index is -0.903. The molecule has 206 valence electrons. The number of cyclic esters (lactones) is 1. The maximum atomic E-state index is 13.4. The highest BCUT2D eigenvalue weighted by Crippen LogP contribution is 2.47. The number of aliphatic hydroxyl groups excluding tert-OH is 3. The van der Waals surface area contributed by atoms with Crippen molar-refractivity contribution in [2.45, 2.75) is 83.3 Å². The van der Waals surface area contributed by atoms with E-state index in [1.807, 2.05) is 56.3 Å². The number of ether oxygens (including phenoxy) is 1. The van der Waals surface area contributed by atoms with E-state index in [-0.39, 0.29) is 35.7 Å². The highest BCUT2D eigenvalue weighted by molar-refractivity contribution is 8.04. The van der Waals surface area contributed by atoms with Crippen LogP contribution in [0.3, 0.4) is 0 Å². The molecule has 6 heteroatoms. The summed E-state index contributed by atoms with van der Waals surface area (Å²) in [5.74, 6) is -0.438. The zero-order chi connectivity index (χ0) is 28.5. The maximum Gasteiger partial charge on any atom is 0.349 e. The Balaban J connectivity index is 0.00000118. The molecule has 0 saturated carbocycles. The lowest BCUT2D eigenvalue weighted by molar-refractivity contribution is -0.160. The van der Waals surface area contributed by atoms with E-state index >= 15 is 0 Å². The number of carbonyl (C=O) groups excluding carboxylic acids is 1. The SMILES string of the molecule is C/C=C(\C)CCC1(c2ccccc2)CC(O)=C(Sc2cc(C)c(CO)cc2C(C)(C)C)C(=O)O1.C=CCO. The van der Waals surface area contributed by atoms with Crippen LogP contribution in [0.1, 0.15) is 76.1 Å². The molecule has 0 radical (unpaired) electrons. The van der Waals surface area contributed by atoms with E-state index < -0.39 is 11.6 Å². The van der Waals surface area contributed by atoms with Gasteiger partial charge in [0.1, 0.15) is 16.3 Å². The lowest BCUT2D eigenvalue weighted by Gasteiger charge is -2.38. The van der Waals surface area contributed by atoms with E-state index in [1.54, 1.807) is 0 Å². The van der Waals surface area contributed by atoms with Crippen LogP contribution in [0.4, 0.5) is 0 Å². The van der Waals surface area contributed by atoms with E-state index in [0.29, 0.717) is 6.42 Å². The molecule has 1 atom stereocenters. The van der Waals surface area contributed by atoms with Gasteiger partial charge in [0.25, 0.3) is 0 Å². The van der Waals surface area contributed by atoms with Crippen molar-refractivity contribution in [1.29, 1.82) is 0 Å². The Morgan fingerprint density at radius 2 is 1.82 bits per heavy atom. The van der Waals surface area contributed by atoms with Gasteiger partial charge >= 0.3 is 5.97 Å².